The summed E-state index contributed by atoms with van der Waals surface area (Å²) < 4.78 is 0. The largest absolute Gasteiger partial charge is 0.317 e. The van der Waals surface area contributed by atoms with Crippen LogP contribution in [0.2, 0.25) is 0 Å². The van der Waals surface area contributed by atoms with Gasteiger partial charge in [-0.3, -0.25) is 0 Å². The van der Waals surface area contributed by atoms with E-state index in [1.165, 1.54) is 34.3 Å². The minimum absolute atomic E-state index is 1.08. The fourth-order valence-corrected chi connectivity index (χ4v) is 2.93. The van der Waals surface area contributed by atoms with Crippen LogP contribution in [0.15, 0.2) is 47.4 Å². The maximum atomic E-state index is 3.36. The quantitative estimate of drug-likeness (QED) is 0.587. The van der Waals surface area contributed by atoms with Crippen LogP contribution in [0.25, 0.3) is 10.8 Å². The Morgan fingerprint density at radius 2 is 1.83 bits per heavy atom. The van der Waals surface area contributed by atoms with E-state index >= 15 is 0 Å². The number of nitrogens with one attached hydrogen (secondary N) is 1. The van der Waals surface area contributed by atoms with E-state index in [0.29, 0.717) is 0 Å². The molecular weight excluding hydrogens is 238 g/mol. The lowest BCUT2D eigenvalue weighted by atomic mass is 10.1. The van der Waals surface area contributed by atoms with Crippen LogP contribution < -0.4 is 5.32 Å². The predicted octanol–water partition coefficient (Wildman–Crippen LogP) is 4.32. The van der Waals surface area contributed by atoms with Gasteiger partial charge in [-0.15, -0.1) is 11.8 Å². The number of rotatable bonds is 7. The number of thioether (sulfide) groups is 1. The van der Waals surface area contributed by atoms with Crippen molar-refractivity contribution in [1.82, 2.24) is 5.32 Å². The molecule has 0 radical (unpaired) electrons. The molecule has 0 aromatic heterocycles. The molecular formula is C16H21NS. The average Bonchev–Trinajstić information content (AvgIpc) is 2.42. The highest BCUT2D eigenvalue weighted by atomic mass is 32.2. The highest BCUT2D eigenvalue weighted by Gasteiger charge is 1.97. The van der Waals surface area contributed by atoms with E-state index in [2.05, 4.69) is 54.7 Å². The third-order valence-electron chi connectivity index (χ3n) is 2.99. The molecule has 0 heterocycles. The molecule has 18 heavy (non-hydrogen) atoms. The lowest BCUT2D eigenvalue weighted by molar-refractivity contribution is 0.666. The second-order valence-electron chi connectivity index (χ2n) is 4.42. The minimum atomic E-state index is 1.08. The van der Waals surface area contributed by atoms with Crippen molar-refractivity contribution in [2.24, 2.45) is 0 Å². The van der Waals surface area contributed by atoms with Crippen molar-refractivity contribution < 1.29 is 0 Å². The first-order valence-electron chi connectivity index (χ1n) is 6.72. The van der Waals surface area contributed by atoms with Crippen molar-refractivity contribution >= 4 is 22.5 Å². The molecule has 1 N–H and O–H groups in total. The Bertz CT molecular complexity index is 481. The van der Waals surface area contributed by atoms with Gasteiger partial charge in [-0.1, -0.05) is 37.3 Å². The molecule has 0 bridgehead atoms. The van der Waals surface area contributed by atoms with Gasteiger partial charge < -0.3 is 5.32 Å². The van der Waals surface area contributed by atoms with Gasteiger partial charge in [-0.25, -0.2) is 0 Å². The first-order valence-corrected chi connectivity index (χ1v) is 7.71. The first-order chi connectivity index (χ1) is 8.90. The summed E-state index contributed by atoms with van der Waals surface area (Å²) in [6.07, 6.45) is 2.55. The maximum absolute atomic E-state index is 3.36. The summed E-state index contributed by atoms with van der Waals surface area (Å²) in [6, 6.07) is 15.3. The zero-order valence-corrected chi connectivity index (χ0v) is 11.8. The van der Waals surface area contributed by atoms with Crippen LogP contribution in [0, 0.1) is 0 Å². The highest BCUT2D eigenvalue weighted by Crippen LogP contribution is 2.24. The van der Waals surface area contributed by atoms with E-state index < -0.39 is 0 Å². The Morgan fingerprint density at radius 3 is 2.67 bits per heavy atom. The lowest BCUT2D eigenvalue weighted by Crippen LogP contribution is -2.13. The highest BCUT2D eigenvalue weighted by molar-refractivity contribution is 7.99. The van der Waals surface area contributed by atoms with Gasteiger partial charge in [0.1, 0.15) is 0 Å². The Balaban J connectivity index is 1.81. The van der Waals surface area contributed by atoms with Crippen LogP contribution >= 0.6 is 11.8 Å². The summed E-state index contributed by atoms with van der Waals surface area (Å²) in [5.41, 5.74) is 0. The second-order valence-corrected chi connectivity index (χ2v) is 5.59. The van der Waals surface area contributed by atoms with Crippen molar-refractivity contribution in [3.63, 3.8) is 0 Å². The van der Waals surface area contributed by atoms with Gasteiger partial charge in [-0.05, 0) is 54.6 Å². The monoisotopic (exact) mass is 259 g/mol. The Kier molecular flexibility index (Phi) is 5.56. The van der Waals surface area contributed by atoms with E-state index in [0.717, 1.165) is 13.1 Å². The molecule has 1 nitrogen and oxygen atoms in total. The molecule has 2 aromatic rings. The summed E-state index contributed by atoms with van der Waals surface area (Å²) in [5, 5.41) is 6.03. The van der Waals surface area contributed by atoms with Crippen LogP contribution in [0.5, 0.6) is 0 Å². The van der Waals surface area contributed by atoms with E-state index in [1.807, 2.05) is 11.8 Å². The SMILES string of the molecule is CCNCCCCSc1ccc2ccccc2c1. The second kappa shape index (κ2) is 7.45. The van der Waals surface area contributed by atoms with E-state index in [4.69, 9.17) is 0 Å². The normalized spacial score (nSPS) is 10.9. The Hall–Kier alpha value is -0.990. The fraction of sp³-hybridized carbons (Fsp3) is 0.375. The molecule has 2 heteroatoms. The van der Waals surface area contributed by atoms with Crippen LogP contribution in [0.3, 0.4) is 0 Å². The Morgan fingerprint density at radius 1 is 1.00 bits per heavy atom. The van der Waals surface area contributed by atoms with Crippen molar-refractivity contribution in [2.45, 2.75) is 24.7 Å². The molecule has 0 amide bonds. The number of hydrogen-bond donors (Lipinski definition) is 1. The molecule has 0 aliphatic carbocycles. The van der Waals surface area contributed by atoms with Gasteiger partial charge in [0.05, 0.1) is 0 Å². The summed E-state index contributed by atoms with van der Waals surface area (Å²) in [5.74, 6) is 1.21. The molecule has 0 aliphatic heterocycles. The molecule has 0 atom stereocenters. The summed E-state index contributed by atoms with van der Waals surface area (Å²) in [6.45, 7) is 4.39. The van der Waals surface area contributed by atoms with Gasteiger partial charge in [0.15, 0.2) is 0 Å². The van der Waals surface area contributed by atoms with Gasteiger partial charge in [0.2, 0.25) is 0 Å². The molecule has 2 rings (SSSR count). The van der Waals surface area contributed by atoms with Crippen LogP contribution in [-0.2, 0) is 0 Å². The number of unbranched alkanes of at least 4 members (excludes halogenated alkanes) is 1. The third-order valence-corrected chi connectivity index (χ3v) is 4.07. The van der Waals surface area contributed by atoms with Crippen molar-refractivity contribution in [3.05, 3.63) is 42.5 Å². The molecule has 0 aliphatic rings. The van der Waals surface area contributed by atoms with E-state index in [-0.39, 0.29) is 0 Å². The number of hydrogen-bond acceptors (Lipinski definition) is 2. The zero-order chi connectivity index (χ0) is 12.6. The molecule has 0 saturated heterocycles. The van der Waals surface area contributed by atoms with E-state index in [1.54, 1.807) is 0 Å². The standard InChI is InChI=1S/C16H21NS/c1-2-17-11-5-6-12-18-16-10-9-14-7-3-4-8-15(14)13-16/h3-4,7-10,13,17H,2,5-6,11-12H2,1H3. The van der Waals surface area contributed by atoms with Gasteiger partial charge in [0.25, 0.3) is 0 Å². The lowest BCUT2D eigenvalue weighted by Gasteiger charge is -2.04. The smallest absolute Gasteiger partial charge is 0.00783 e. The van der Waals surface area contributed by atoms with Gasteiger partial charge in [-0.2, -0.15) is 0 Å². The first kappa shape index (κ1) is 13.4. The summed E-state index contributed by atoms with van der Waals surface area (Å²) in [7, 11) is 0. The molecule has 0 unspecified atom stereocenters. The van der Waals surface area contributed by atoms with Crippen LogP contribution in [0.1, 0.15) is 19.8 Å². The zero-order valence-electron chi connectivity index (χ0n) is 11.0. The topological polar surface area (TPSA) is 12.0 Å². The predicted molar refractivity (Wildman–Crippen MR) is 82.4 cm³/mol. The summed E-state index contributed by atoms with van der Waals surface area (Å²) >= 11 is 1.97. The molecule has 0 saturated carbocycles. The van der Waals surface area contributed by atoms with Crippen LogP contribution in [-0.4, -0.2) is 18.8 Å². The molecule has 96 valence electrons. The maximum Gasteiger partial charge on any atom is 0.00783 e. The van der Waals surface area contributed by atoms with E-state index in [9.17, 15) is 0 Å². The van der Waals surface area contributed by atoms with Gasteiger partial charge >= 0.3 is 0 Å². The Labute approximate surface area is 114 Å². The summed E-state index contributed by atoms with van der Waals surface area (Å²) in [4.78, 5) is 1.39. The van der Waals surface area contributed by atoms with Crippen molar-refractivity contribution in [2.75, 3.05) is 18.8 Å². The number of fused-ring (bicyclic) bond motifs is 1. The molecule has 2 aromatic carbocycles. The average molecular weight is 259 g/mol. The molecule has 0 spiro atoms. The molecule has 0 fully saturated rings. The minimum Gasteiger partial charge on any atom is -0.317 e. The third kappa shape index (κ3) is 4.04. The number of benzene rings is 2. The fourth-order valence-electron chi connectivity index (χ4n) is 1.98. The van der Waals surface area contributed by atoms with Crippen molar-refractivity contribution in [3.8, 4) is 0 Å². The van der Waals surface area contributed by atoms with Gasteiger partial charge in [0, 0.05) is 4.90 Å². The van der Waals surface area contributed by atoms with Crippen molar-refractivity contribution in [1.29, 1.82) is 0 Å². The van der Waals surface area contributed by atoms with Crippen LogP contribution in [0.4, 0.5) is 0 Å².